The molecule has 2 heterocycles. The zero-order valence-corrected chi connectivity index (χ0v) is 26.4. The third kappa shape index (κ3) is 6.06. The lowest BCUT2D eigenvalue weighted by Crippen LogP contribution is -2.37. The summed E-state index contributed by atoms with van der Waals surface area (Å²) in [5.41, 5.74) is 10.7. The summed E-state index contributed by atoms with van der Waals surface area (Å²) in [5, 5.41) is 17.0. The topological polar surface area (TPSA) is 96.7 Å². The first-order valence-electron chi connectivity index (χ1n) is 16.2. The molecule has 1 aliphatic heterocycles. The third-order valence-corrected chi connectivity index (χ3v) is 9.55. The number of hydrogen-bond donors (Lipinski definition) is 2. The Hall–Kier alpha value is -4.59. The number of carbonyl (C=O) groups excluding carboxylic acids is 1. The number of hydrogen-bond acceptors (Lipinski definition) is 5. The van der Waals surface area contributed by atoms with Gasteiger partial charge < -0.3 is 20.1 Å². The molecule has 4 aromatic rings. The second-order valence-corrected chi connectivity index (χ2v) is 12.1. The molecule has 3 aromatic carbocycles. The van der Waals surface area contributed by atoms with Gasteiger partial charge in [-0.2, -0.15) is 5.10 Å². The van der Waals surface area contributed by atoms with Crippen molar-refractivity contribution in [3.8, 4) is 16.8 Å². The molecule has 1 aromatic heterocycles. The summed E-state index contributed by atoms with van der Waals surface area (Å²) in [7, 11) is 1.79. The van der Waals surface area contributed by atoms with Gasteiger partial charge in [-0.05, 0) is 108 Å². The number of nitrogens with zero attached hydrogens (tertiary/aromatic N) is 3. The fourth-order valence-corrected chi connectivity index (χ4v) is 7.35. The Morgan fingerprint density at radius 3 is 2.56 bits per heavy atom. The lowest BCUT2D eigenvalue weighted by atomic mass is 9.83. The van der Waals surface area contributed by atoms with Crippen molar-refractivity contribution >= 4 is 17.9 Å². The highest BCUT2D eigenvalue weighted by Gasteiger charge is 2.28. The number of aromatic nitrogens is 2. The summed E-state index contributed by atoms with van der Waals surface area (Å²) >= 11 is 0. The van der Waals surface area contributed by atoms with E-state index in [1.807, 2.05) is 12.1 Å². The van der Waals surface area contributed by atoms with Crippen LogP contribution in [-0.4, -0.2) is 58.6 Å². The number of benzene rings is 3. The van der Waals surface area contributed by atoms with Gasteiger partial charge in [0.15, 0.2) is 0 Å². The number of likely N-dealkylation sites (tertiary alicyclic amines) is 1. The molecule has 0 unspecified atom stereocenters. The Labute approximate surface area is 265 Å². The highest BCUT2D eigenvalue weighted by Crippen LogP contribution is 2.43. The Morgan fingerprint density at radius 2 is 1.82 bits per heavy atom. The maximum atomic E-state index is 12.5. The SMILES string of the molecule is CCOC(=O)c1cnn(-c2cccc(-c3cccc4c3[C@@H](Cc3ccc(C5CCN(C(=O)O)CC5)c(CC)c3)CC4)c2)c1NC. The van der Waals surface area contributed by atoms with Crippen LogP contribution in [0.15, 0.2) is 66.9 Å². The second kappa shape index (κ2) is 13.2. The van der Waals surface area contributed by atoms with Crippen LogP contribution in [0.1, 0.15) is 83.1 Å². The summed E-state index contributed by atoms with van der Waals surface area (Å²) in [6, 6.07) is 22.0. The van der Waals surface area contributed by atoms with E-state index in [9.17, 15) is 14.7 Å². The van der Waals surface area contributed by atoms with Gasteiger partial charge in [0.05, 0.1) is 18.5 Å². The molecular weight excluding hydrogens is 564 g/mol. The van der Waals surface area contributed by atoms with Crippen molar-refractivity contribution in [1.82, 2.24) is 14.7 Å². The number of piperidine rings is 1. The van der Waals surface area contributed by atoms with Gasteiger partial charge in [0, 0.05) is 20.1 Å². The van der Waals surface area contributed by atoms with E-state index in [0.717, 1.165) is 49.8 Å². The van der Waals surface area contributed by atoms with Crippen molar-refractivity contribution in [3.05, 3.63) is 100 Å². The first-order valence-corrected chi connectivity index (χ1v) is 16.2. The normalized spacial score (nSPS) is 16.4. The van der Waals surface area contributed by atoms with Gasteiger partial charge in [-0.3, -0.25) is 0 Å². The average Bonchev–Trinajstić information content (AvgIpc) is 3.69. The van der Waals surface area contributed by atoms with Crippen molar-refractivity contribution in [2.75, 3.05) is 32.1 Å². The Bertz CT molecular complexity index is 1700. The highest BCUT2D eigenvalue weighted by molar-refractivity contribution is 5.95. The quantitative estimate of drug-likeness (QED) is 0.192. The van der Waals surface area contributed by atoms with Crippen LogP contribution in [0.3, 0.4) is 0 Å². The molecule has 8 heteroatoms. The van der Waals surface area contributed by atoms with Gasteiger partial charge in [0.25, 0.3) is 0 Å². The second-order valence-electron chi connectivity index (χ2n) is 12.1. The number of carboxylic acid groups (broad SMARTS) is 1. The van der Waals surface area contributed by atoms with Gasteiger partial charge in [0.1, 0.15) is 11.4 Å². The summed E-state index contributed by atoms with van der Waals surface area (Å²) in [5.74, 6) is 1.05. The summed E-state index contributed by atoms with van der Waals surface area (Å²) < 4.78 is 6.99. The molecule has 1 amide bonds. The number of aryl methyl sites for hydroxylation is 2. The molecule has 45 heavy (non-hydrogen) atoms. The molecule has 6 rings (SSSR count). The van der Waals surface area contributed by atoms with Crippen LogP contribution >= 0.6 is 0 Å². The standard InChI is InChI=1S/C37H42N4O4/c1-4-25-20-24(12-15-31(25)26-16-18-40(19-17-26)37(43)44)21-29-14-13-27-8-7-11-32(34(27)29)28-9-6-10-30(22-28)41-35(38-3)33(23-39-41)36(42)45-5-2/h6-12,15,20,22-23,26,29,38H,4-5,13-14,16-19,21H2,1-3H3,(H,43,44)/t29-/m1/s1. The number of fused-ring (bicyclic) bond motifs is 1. The molecule has 234 valence electrons. The van der Waals surface area contributed by atoms with E-state index >= 15 is 0 Å². The number of ether oxygens (including phenoxy) is 1. The minimum Gasteiger partial charge on any atom is -0.465 e. The lowest BCUT2D eigenvalue weighted by Gasteiger charge is -2.31. The van der Waals surface area contributed by atoms with E-state index in [0.29, 0.717) is 42.9 Å². The zero-order valence-electron chi connectivity index (χ0n) is 26.4. The molecule has 0 bridgehead atoms. The minimum atomic E-state index is -0.810. The molecule has 0 saturated carbocycles. The number of rotatable bonds is 9. The number of nitrogens with one attached hydrogen (secondary N) is 1. The zero-order chi connectivity index (χ0) is 31.5. The molecule has 1 fully saturated rings. The molecule has 0 radical (unpaired) electrons. The summed E-state index contributed by atoms with van der Waals surface area (Å²) in [6.07, 6.45) is 6.67. The number of esters is 1. The molecular formula is C37H42N4O4. The van der Waals surface area contributed by atoms with Crippen LogP contribution in [-0.2, 0) is 24.0 Å². The van der Waals surface area contributed by atoms with E-state index in [2.05, 4.69) is 65.9 Å². The van der Waals surface area contributed by atoms with E-state index < -0.39 is 12.1 Å². The summed E-state index contributed by atoms with van der Waals surface area (Å²) in [6.45, 7) is 5.54. The molecule has 1 aliphatic carbocycles. The fourth-order valence-electron chi connectivity index (χ4n) is 7.35. The predicted molar refractivity (Wildman–Crippen MR) is 177 cm³/mol. The average molecular weight is 607 g/mol. The van der Waals surface area contributed by atoms with Crippen molar-refractivity contribution < 1.29 is 19.4 Å². The minimum absolute atomic E-state index is 0.306. The number of amides is 1. The van der Waals surface area contributed by atoms with Gasteiger partial charge in [0.2, 0.25) is 0 Å². The molecule has 1 saturated heterocycles. The van der Waals surface area contributed by atoms with Gasteiger partial charge in [-0.15, -0.1) is 0 Å². The third-order valence-electron chi connectivity index (χ3n) is 9.55. The van der Waals surface area contributed by atoms with Gasteiger partial charge in [-0.1, -0.05) is 55.5 Å². The van der Waals surface area contributed by atoms with Gasteiger partial charge >= 0.3 is 12.1 Å². The summed E-state index contributed by atoms with van der Waals surface area (Å²) in [4.78, 5) is 25.4. The lowest BCUT2D eigenvalue weighted by molar-refractivity contribution is 0.0527. The first-order chi connectivity index (χ1) is 21.9. The molecule has 8 nitrogen and oxygen atoms in total. The molecule has 0 spiro atoms. The number of anilines is 1. The maximum Gasteiger partial charge on any atom is 0.407 e. The van der Waals surface area contributed by atoms with Crippen molar-refractivity contribution in [2.45, 2.75) is 64.2 Å². The van der Waals surface area contributed by atoms with Crippen molar-refractivity contribution in [1.29, 1.82) is 0 Å². The Morgan fingerprint density at radius 1 is 1.02 bits per heavy atom. The Balaban J connectivity index is 1.26. The van der Waals surface area contributed by atoms with Gasteiger partial charge in [-0.25, -0.2) is 14.3 Å². The van der Waals surface area contributed by atoms with E-state index in [1.54, 1.807) is 24.9 Å². The Kier molecular flexibility index (Phi) is 8.92. The molecule has 2 N–H and O–H groups in total. The molecule has 1 atom stereocenters. The fraction of sp³-hybridized carbons (Fsp3) is 0.378. The van der Waals surface area contributed by atoms with Crippen molar-refractivity contribution in [2.24, 2.45) is 0 Å². The predicted octanol–water partition coefficient (Wildman–Crippen LogP) is 7.45. The van der Waals surface area contributed by atoms with E-state index in [-0.39, 0.29) is 0 Å². The first kappa shape index (κ1) is 30.4. The highest BCUT2D eigenvalue weighted by atomic mass is 16.5. The van der Waals surface area contributed by atoms with Crippen molar-refractivity contribution in [3.63, 3.8) is 0 Å². The van der Waals surface area contributed by atoms with E-state index in [4.69, 9.17) is 4.74 Å². The van der Waals surface area contributed by atoms with Crippen LogP contribution in [0, 0.1) is 0 Å². The molecule has 2 aliphatic rings. The van der Waals surface area contributed by atoms with E-state index in [1.165, 1.54) is 38.3 Å². The van der Waals surface area contributed by atoms with Crippen LogP contribution < -0.4 is 5.32 Å². The number of carbonyl (C=O) groups is 2. The largest absolute Gasteiger partial charge is 0.465 e. The van der Waals surface area contributed by atoms with Crippen LogP contribution in [0.5, 0.6) is 0 Å². The smallest absolute Gasteiger partial charge is 0.407 e. The van der Waals surface area contributed by atoms with Crippen LogP contribution in [0.25, 0.3) is 16.8 Å². The monoisotopic (exact) mass is 606 g/mol. The maximum absolute atomic E-state index is 12.5. The van der Waals surface area contributed by atoms with Crippen LogP contribution in [0.2, 0.25) is 0 Å². The van der Waals surface area contributed by atoms with Crippen LogP contribution in [0.4, 0.5) is 10.6 Å².